The first-order valence-electron chi connectivity index (χ1n) is 8.20. The van der Waals surface area contributed by atoms with Gasteiger partial charge in [0.25, 0.3) is 0 Å². The zero-order valence-corrected chi connectivity index (χ0v) is 13.1. The van der Waals surface area contributed by atoms with Gasteiger partial charge in [-0.2, -0.15) is 5.10 Å². The third kappa shape index (κ3) is 2.88. The number of aromatic nitrogens is 2. The van der Waals surface area contributed by atoms with Gasteiger partial charge in [-0.25, -0.2) is 0 Å². The summed E-state index contributed by atoms with van der Waals surface area (Å²) in [5.74, 6) is 0. The molecular formula is C18H25N3. The van der Waals surface area contributed by atoms with E-state index in [0.29, 0.717) is 0 Å². The number of rotatable bonds is 6. The molecule has 1 unspecified atom stereocenters. The Hall–Kier alpha value is -1.61. The first kappa shape index (κ1) is 14.3. The largest absolute Gasteiger partial charge is 0.305 e. The molecule has 1 aromatic carbocycles. The molecule has 0 aliphatic heterocycles. The van der Waals surface area contributed by atoms with Crippen molar-refractivity contribution in [1.29, 1.82) is 0 Å². The lowest BCUT2D eigenvalue weighted by Gasteiger charge is -2.21. The van der Waals surface area contributed by atoms with Crippen LogP contribution < -0.4 is 5.32 Å². The van der Waals surface area contributed by atoms with Crippen LogP contribution >= 0.6 is 0 Å². The van der Waals surface area contributed by atoms with Crippen molar-refractivity contribution in [1.82, 2.24) is 15.1 Å². The van der Waals surface area contributed by atoms with Crippen molar-refractivity contribution in [3.05, 3.63) is 52.8 Å². The Morgan fingerprint density at radius 1 is 1.19 bits per heavy atom. The van der Waals surface area contributed by atoms with Gasteiger partial charge in [-0.3, -0.25) is 4.68 Å². The zero-order valence-electron chi connectivity index (χ0n) is 13.1. The minimum atomic E-state index is 0.245. The molecule has 3 heteroatoms. The summed E-state index contributed by atoms with van der Waals surface area (Å²) in [6.07, 6.45) is 6.81. The Labute approximate surface area is 127 Å². The zero-order chi connectivity index (χ0) is 14.7. The summed E-state index contributed by atoms with van der Waals surface area (Å²) in [7, 11) is 0. The van der Waals surface area contributed by atoms with Crippen molar-refractivity contribution < 1.29 is 0 Å². The van der Waals surface area contributed by atoms with Crippen LogP contribution in [0.15, 0.2) is 30.5 Å². The summed E-state index contributed by atoms with van der Waals surface area (Å²) in [5, 5.41) is 8.11. The predicted octanol–water partition coefficient (Wildman–Crippen LogP) is 3.48. The van der Waals surface area contributed by atoms with Gasteiger partial charge in [0.2, 0.25) is 0 Å². The van der Waals surface area contributed by atoms with Crippen molar-refractivity contribution in [2.45, 2.75) is 52.1 Å². The van der Waals surface area contributed by atoms with E-state index in [1.54, 1.807) is 0 Å². The maximum atomic E-state index is 4.48. The lowest BCUT2D eigenvalue weighted by atomic mass is 9.98. The molecule has 1 aliphatic carbocycles. The molecule has 0 radical (unpaired) electrons. The van der Waals surface area contributed by atoms with Gasteiger partial charge in [0, 0.05) is 12.7 Å². The maximum Gasteiger partial charge on any atom is 0.0748 e. The quantitative estimate of drug-likeness (QED) is 0.879. The first-order chi connectivity index (χ1) is 10.3. The molecule has 0 saturated heterocycles. The number of fused-ring (bicyclic) bond motifs is 1. The Balaban J connectivity index is 1.95. The molecule has 3 nitrogen and oxygen atoms in total. The summed E-state index contributed by atoms with van der Waals surface area (Å²) in [6.45, 7) is 6.30. The van der Waals surface area contributed by atoms with E-state index in [2.05, 4.69) is 53.2 Å². The Bertz CT molecular complexity index is 600. The second-order valence-electron chi connectivity index (χ2n) is 5.85. The Kier molecular flexibility index (Phi) is 4.39. The molecule has 0 spiro atoms. The van der Waals surface area contributed by atoms with Gasteiger partial charge in [-0.15, -0.1) is 0 Å². The highest BCUT2D eigenvalue weighted by atomic mass is 15.3. The molecule has 0 fully saturated rings. The fraction of sp³-hybridized carbons (Fsp3) is 0.500. The first-order valence-corrected chi connectivity index (χ1v) is 8.20. The minimum Gasteiger partial charge on any atom is -0.305 e. The molecule has 1 atom stereocenters. The number of nitrogens with one attached hydrogen (secondary N) is 1. The number of benzene rings is 1. The fourth-order valence-corrected chi connectivity index (χ4v) is 3.36. The van der Waals surface area contributed by atoms with E-state index in [1.807, 2.05) is 6.20 Å². The number of hydrogen-bond donors (Lipinski definition) is 1. The third-order valence-corrected chi connectivity index (χ3v) is 4.34. The van der Waals surface area contributed by atoms with Gasteiger partial charge in [-0.1, -0.05) is 32.0 Å². The predicted molar refractivity (Wildman–Crippen MR) is 86.5 cm³/mol. The lowest BCUT2D eigenvalue weighted by molar-refractivity contribution is 0.520. The number of nitrogens with zero attached hydrogens (tertiary/aromatic N) is 2. The van der Waals surface area contributed by atoms with Gasteiger partial charge in [0.05, 0.1) is 11.7 Å². The normalized spacial score (nSPS) is 15.1. The van der Waals surface area contributed by atoms with Crippen LogP contribution in [0, 0.1) is 0 Å². The molecule has 0 amide bonds. The van der Waals surface area contributed by atoms with Gasteiger partial charge in [0.15, 0.2) is 0 Å². The lowest BCUT2D eigenvalue weighted by Crippen LogP contribution is -2.25. The monoisotopic (exact) mass is 283 g/mol. The van der Waals surface area contributed by atoms with E-state index in [1.165, 1.54) is 41.6 Å². The summed E-state index contributed by atoms with van der Waals surface area (Å²) >= 11 is 0. The summed E-state index contributed by atoms with van der Waals surface area (Å²) in [5.41, 5.74) is 5.72. The van der Waals surface area contributed by atoms with Crippen molar-refractivity contribution in [3.63, 3.8) is 0 Å². The molecule has 1 aliphatic rings. The Morgan fingerprint density at radius 2 is 2.05 bits per heavy atom. The van der Waals surface area contributed by atoms with Gasteiger partial charge >= 0.3 is 0 Å². The molecule has 1 N–H and O–H groups in total. The van der Waals surface area contributed by atoms with Crippen LogP contribution in [0.4, 0.5) is 0 Å². The fourth-order valence-electron chi connectivity index (χ4n) is 3.36. The van der Waals surface area contributed by atoms with Crippen molar-refractivity contribution in [3.8, 4) is 0 Å². The molecule has 112 valence electrons. The molecular weight excluding hydrogens is 258 g/mol. The van der Waals surface area contributed by atoms with E-state index in [9.17, 15) is 0 Å². The molecule has 0 bridgehead atoms. The molecule has 1 heterocycles. The van der Waals surface area contributed by atoms with Gasteiger partial charge in [-0.05, 0) is 55.0 Å². The summed E-state index contributed by atoms with van der Waals surface area (Å²) in [6, 6.07) is 9.41. The standard InChI is InChI=1S/C18H25N3/c1-3-12-21-17(10-11-20-21)18(19-4-2)16-9-8-14-6-5-7-15(14)13-16/h8-11,13,18-19H,3-7,12H2,1-2H3. The van der Waals surface area contributed by atoms with E-state index in [0.717, 1.165) is 19.5 Å². The van der Waals surface area contributed by atoms with E-state index in [-0.39, 0.29) is 6.04 Å². The van der Waals surface area contributed by atoms with Crippen LogP contribution in [0.1, 0.15) is 55.1 Å². The van der Waals surface area contributed by atoms with Gasteiger partial charge in [0.1, 0.15) is 0 Å². The van der Waals surface area contributed by atoms with Crippen molar-refractivity contribution >= 4 is 0 Å². The van der Waals surface area contributed by atoms with Crippen LogP contribution in [0.2, 0.25) is 0 Å². The van der Waals surface area contributed by atoms with Crippen LogP contribution in [0.3, 0.4) is 0 Å². The average molecular weight is 283 g/mol. The second-order valence-corrected chi connectivity index (χ2v) is 5.85. The van der Waals surface area contributed by atoms with Crippen LogP contribution in [0.5, 0.6) is 0 Å². The Morgan fingerprint density at radius 3 is 2.86 bits per heavy atom. The van der Waals surface area contributed by atoms with E-state index in [4.69, 9.17) is 0 Å². The molecule has 0 saturated carbocycles. The van der Waals surface area contributed by atoms with E-state index < -0.39 is 0 Å². The highest BCUT2D eigenvalue weighted by Crippen LogP contribution is 2.28. The molecule has 21 heavy (non-hydrogen) atoms. The summed E-state index contributed by atoms with van der Waals surface area (Å²) < 4.78 is 2.14. The summed E-state index contributed by atoms with van der Waals surface area (Å²) in [4.78, 5) is 0. The third-order valence-electron chi connectivity index (χ3n) is 4.34. The SMILES string of the molecule is CCCn1nccc1C(NCC)c1ccc2c(c1)CCC2. The van der Waals surface area contributed by atoms with Crippen LogP contribution in [-0.2, 0) is 19.4 Å². The molecule has 2 aromatic rings. The smallest absolute Gasteiger partial charge is 0.0748 e. The molecule has 1 aromatic heterocycles. The van der Waals surface area contributed by atoms with Crippen molar-refractivity contribution in [2.24, 2.45) is 0 Å². The van der Waals surface area contributed by atoms with Crippen molar-refractivity contribution in [2.75, 3.05) is 6.54 Å². The topological polar surface area (TPSA) is 29.9 Å². The highest BCUT2D eigenvalue weighted by Gasteiger charge is 2.19. The van der Waals surface area contributed by atoms with Crippen LogP contribution in [0.25, 0.3) is 0 Å². The van der Waals surface area contributed by atoms with Gasteiger partial charge < -0.3 is 5.32 Å². The maximum absolute atomic E-state index is 4.48. The van der Waals surface area contributed by atoms with E-state index >= 15 is 0 Å². The average Bonchev–Trinajstić information content (AvgIpc) is 3.13. The number of aryl methyl sites for hydroxylation is 3. The highest BCUT2D eigenvalue weighted by molar-refractivity contribution is 5.39. The number of hydrogen-bond acceptors (Lipinski definition) is 2. The minimum absolute atomic E-state index is 0.245. The second kappa shape index (κ2) is 6.44. The molecule has 3 rings (SSSR count). The van der Waals surface area contributed by atoms with Crippen LogP contribution in [-0.4, -0.2) is 16.3 Å².